The predicted octanol–water partition coefficient (Wildman–Crippen LogP) is 3.95. The molecular weight excluding hydrogens is 466 g/mol. The molecule has 2 aliphatic heterocycles. The number of nitrogens with one attached hydrogen (secondary N) is 1. The topological polar surface area (TPSA) is 90.8 Å². The number of amides is 1. The first-order valence-electron chi connectivity index (χ1n) is 13.2. The molecule has 1 aliphatic carbocycles. The molecule has 2 aromatic carbocycles. The molecule has 1 aromatic heterocycles. The van der Waals surface area contributed by atoms with Crippen LogP contribution in [0.5, 0.6) is 17.2 Å². The van der Waals surface area contributed by atoms with Crippen LogP contribution < -0.4 is 19.9 Å². The number of ether oxygens (including phenoxy) is 1. The van der Waals surface area contributed by atoms with E-state index in [-0.39, 0.29) is 23.6 Å². The van der Waals surface area contributed by atoms with Crippen LogP contribution in [0.15, 0.2) is 42.5 Å². The van der Waals surface area contributed by atoms with Crippen LogP contribution in [0.2, 0.25) is 0 Å². The van der Waals surface area contributed by atoms with Crippen molar-refractivity contribution >= 4 is 17.7 Å². The van der Waals surface area contributed by atoms with Crippen molar-refractivity contribution in [1.82, 2.24) is 15.3 Å². The highest BCUT2D eigenvalue weighted by Gasteiger charge is 2.37. The van der Waals surface area contributed by atoms with Gasteiger partial charge in [0.15, 0.2) is 11.5 Å². The van der Waals surface area contributed by atoms with Gasteiger partial charge in [-0.1, -0.05) is 18.2 Å². The number of nitrogens with zero attached hydrogens (tertiary/aromatic N) is 4. The largest absolute Gasteiger partial charge is 0.504 e. The number of phenols is 1. The molecule has 6 rings (SSSR count). The molecule has 2 atom stereocenters. The van der Waals surface area contributed by atoms with Gasteiger partial charge >= 0.3 is 0 Å². The molecule has 8 nitrogen and oxygen atoms in total. The lowest BCUT2D eigenvalue weighted by atomic mass is 9.94. The summed E-state index contributed by atoms with van der Waals surface area (Å²) in [7, 11) is 3.96. The van der Waals surface area contributed by atoms with Gasteiger partial charge in [0.2, 0.25) is 11.9 Å². The van der Waals surface area contributed by atoms with Crippen molar-refractivity contribution in [2.75, 3.05) is 37.0 Å². The minimum Gasteiger partial charge on any atom is -0.504 e. The van der Waals surface area contributed by atoms with Gasteiger partial charge in [0.25, 0.3) is 0 Å². The molecule has 3 aromatic rings. The molecule has 1 fully saturated rings. The minimum absolute atomic E-state index is 0.0292. The van der Waals surface area contributed by atoms with Gasteiger partial charge < -0.3 is 25.0 Å². The van der Waals surface area contributed by atoms with Crippen LogP contribution in [0, 0.1) is 0 Å². The first kappa shape index (κ1) is 23.6. The average molecular weight is 500 g/mol. The summed E-state index contributed by atoms with van der Waals surface area (Å²) < 4.78 is 6.11. The fourth-order valence-corrected chi connectivity index (χ4v) is 5.75. The number of rotatable bonds is 2. The first-order chi connectivity index (χ1) is 17.9. The van der Waals surface area contributed by atoms with E-state index in [0.29, 0.717) is 30.9 Å². The normalized spacial score (nSPS) is 20.9. The van der Waals surface area contributed by atoms with E-state index in [4.69, 9.17) is 14.7 Å². The lowest BCUT2D eigenvalue weighted by Crippen LogP contribution is -2.40. The molecule has 3 heterocycles. The Morgan fingerprint density at radius 1 is 1.03 bits per heavy atom. The summed E-state index contributed by atoms with van der Waals surface area (Å²) in [4.78, 5) is 27.2. The van der Waals surface area contributed by atoms with Crippen molar-refractivity contribution in [3.05, 3.63) is 64.8 Å². The highest BCUT2D eigenvalue weighted by Crippen LogP contribution is 2.38. The Kier molecular flexibility index (Phi) is 6.10. The highest BCUT2D eigenvalue weighted by atomic mass is 16.5. The van der Waals surface area contributed by atoms with E-state index in [0.717, 1.165) is 60.8 Å². The van der Waals surface area contributed by atoms with E-state index < -0.39 is 0 Å². The Hall–Kier alpha value is -3.81. The molecule has 2 N–H and O–H groups in total. The van der Waals surface area contributed by atoms with Crippen LogP contribution in [-0.4, -0.2) is 54.2 Å². The smallest absolute Gasteiger partial charge is 0.227 e. The van der Waals surface area contributed by atoms with Gasteiger partial charge in [0.1, 0.15) is 11.6 Å². The van der Waals surface area contributed by atoms with Gasteiger partial charge in [-0.05, 0) is 67.5 Å². The zero-order valence-electron chi connectivity index (χ0n) is 21.4. The lowest BCUT2D eigenvalue weighted by molar-refractivity contribution is -0.121. The van der Waals surface area contributed by atoms with E-state index in [2.05, 4.69) is 16.3 Å². The zero-order chi connectivity index (χ0) is 25.5. The van der Waals surface area contributed by atoms with Gasteiger partial charge in [-0.2, -0.15) is 4.98 Å². The number of anilines is 2. The molecule has 1 saturated heterocycles. The lowest BCUT2D eigenvalue weighted by Gasteiger charge is -2.26. The second-order valence-corrected chi connectivity index (χ2v) is 10.5. The van der Waals surface area contributed by atoms with E-state index in [9.17, 15) is 9.90 Å². The van der Waals surface area contributed by atoms with E-state index in [1.165, 1.54) is 5.56 Å². The Morgan fingerprint density at radius 3 is 2.76 bits per heavy atom. The highest BCUT2D eigenvalue weighted by molar-refractivity contribution is 5.77. The molecular formula is C29H33N5O3. The zero-order valence-corrected chi connectivity index (χ0v) is 21.4. The second-order valence-electron chi connectivity index (χ2n) is 10.5. The predicted molar refractivity (Wildman–Crippen MR) is 143 cm³/mol. The van der Waals surface area contributed by atoms with Gasteiger partial charge in [-0.3, -0.25) is 4.79 Å². The number of hydrogen-bond acceptors (Lipinski definition) is 7. The summed E-state index contributed by atoms with van der Waals surface area (Å²) in [6.07, 6.45) is 5.22. The van der Waals surface area contributed by atoms with Crippen LogP contribution in [0.3, 0.4) is 0 Å². The summed E-state index contributed by atoms with van der Waals surface area (Å²) in [6.45, 7) is 1.43. The van der Waals surface area contributed by atoms with Crippen LogP contribution in [0.4, 0.5) is 11.8 Å². The van der Waals surface area contributed by atoms with E-state index >= 15 is 0 Å². The maximum atomic E-state index is 13.1. The number of aromatic nitrogens is 2. The molecule has 0 spiro atoms. The summed E-state index contributed by atoms with van der Waals surface area (Å²) in [5, 5.41) is 13.7. The Bertz CT molecular complexity index is 1340. The van der Waals surface area contributed by atoms with Crippen molar-refractivity contribution in [3.63, 3.8) is 0 Å². The van der Waals surface area contributed by atoms with Gasteiger partial charge in [-0.15, -0.1) is 0 Å². The van der Waals surface area contributed by atoms with Crippen LogP contribution in [0.1, 0.15) is 47.6 Å². The molecule has 0 saturated carbocycles. The number of hydrogen-bond donors (Lipinski definition) is 2. The minimum atomic E-state index is -0.0583. The Balaban J connectivity index is 1.38. The standard InChI is InChI=1S/C29H33N5O3/c1-33(2)29-31-23-9-4-3-8-21(23)28(32-29)34-16-22-19-6-5-7-20(15-19)37-26-14-18(10-12-25(26)35)11-13-27(36)30-24(22)17-34/h5-7,10,12,14-15,22,24,35H,3-4,8-9,11,13,16-17H2,1-2H3,(H,30,36)/t22-,24+/m0/s1. The fourth-order valence-electron chi connectivity index (χ4n) is 5.75. The SMILES string of the molecule is CN(C)c1nc2c(c(N3C[C@H]4NC(=O)CCc5ccc(O)c(c5)Oc5cccc(c5)[C@@H]4C3)n1)CCCC2. The van der Waals surface area contributed by atoms with Gasteiger partial charge in [0, 0.05) is 45.1 Å². The van der Waals surface area contributed by atoms with Crippen molar-refractivity contribution in [1.29, 1.82) is 0 Å². The number of benzene rings is 2. The number of fused-ring (bicyclic) bond motifs is 7. The third kappa shape index (κ3) is 4.68. The number of carbonyl (C=O) groups is 1. The summed E-state index contributed by atoms with van der Waals surface area (Å²) in [6, 6.07) is 13.2. The average Bonchev–Trinajstić information content (AvgIpc) is 3.31. The van der Waals surface area contributed by atoms with Crippen molar-refractivity contribution in [3.8, 4) is 17.2 Å². The third-order valence-corrected chi connectivity index (χ3v) is 7.69. The van der Waals surface area contributed by atoms with Crippen LogP contribution >= 0.6 is 0 Å². The maximum Gasteiger partial charge on any atom is 0.227 e. The summed E-state index contributed by atoms with van der Waals surface area (Å²) >= 11 is 0. The van der Waals surface area contributed by atoms with E-state index in [1.807, 2.05) is 49.3 Å². The third-order valence-electron chi connectivity index (χ3n) is 7.69. The number of carbonyl (C=O) groups excluding carboxylic acids is 1. The monoisotopic (exact) mass is 499 g/mol. The van der Waals surface area contributed by atoms with Crippen molar-refractivity contribution in [2.24, 2.45) is 0 Å². The molecule has 8 heteroatoms. The van der Waals surface area contributed by atoms with Crippen molar-refractivity contribution in [2.45, 2.75) is 50.5 Å². The number of phenolic OH excluding ortho intramolecular Hbond substituents is 1. The summed E-state index contributed by atoms with van der Waals surface area (Å²) in [5.41, 5.74) is 4.45. The molecule has 192 valence electrons. The molecule has 3 aliphatic rings. The van der Waals surface area contributed by atoms with Crippen LogP contribution in [0.25, 0.3) is 0 Å². The second kappa shape index (κ2) is 9.57. The van der Waals surface area contributed by atoms with Crippen molar-refractivity contribution < 1.29 is 14.6 Å². The maximum absolute atomic E-state index is 13.1. The Labute approximate surface area is 217 Å². The van der Waals surface area contributed by atoms with Gasteiger partial charge in [0.05, 0.1) is 11.7 Å². The number of aromatic hydroxyl groups is 1. The first-order valence-corrected chi connectivity index (χ1v) is 13.2. The molecule has 4 bridgehead atoms. The van der Waals surface area contributed by atoms with Crippen LogP contribution in [-0.2, 0) is 24.1 Å². The van der Waals surface area contributed by atoms with Gasteiger partial charge in [-0.25, -0.2) is 4.98 Å². The number of aryl methyl sites for hydroxylation is 2. The summed E-state index contributed by atoms with van der Waals surface area (Å²) in [5.74, 6) is 3.00. The Morgan fingerprint density at radius 2 is 1.89 bits per heavy atom. The molecule has 0 unspecified atom stereocenters. The fraction of sp³-hybridized carbons (Fsp3) is 0.414. The molecule has 0 radical (unpaired) electrons. The van der Waals surface area contributed by atoms with E-state index in [1.54, 1.807) is 6.07 Å². The molecule has 1 amide bonds. The molecule has 37 heavy (non-hydrogen) atoms. The quantitative estimate of drug-likeness (QED) is 0.552.